The lowest BCUT2D eigenvalue weighted by atomic mass is 9.92. The Hall–Kier alpha value is -2.04. The summed E-state index contributed by atoms with van der Waals surface area (Å²) in [6.45, 7) is 2.02. The Morgan fingerprint density at radius 3 is 2.84 bits per heavy atom. The summed E-state index contributed by atoms with van der Waals surface area (Å²) in [7, 11) is 1.54. The van der Waals surface area contributed by atoms with E-state index in [1.165, 1.54) is 7.11 Å². The fourth-order valence-electron chi connectivity index (χ4n) is 2.42. The van der Waals surface area contributed by atoms with Gasteiger partial charge in [-0.25, -0.2) is 0 Å². The van der Waals surface area contributed by atoms with Crippen molar-refractivity contribution in [2.75, 3.05) is 7.11 Å². The molecule has 0 aliphatic carbocycles. The largest absolute Gasteiger partial charge is 0.496 e. The number of methoxy groups -OCH3 is 1. The topological polar surface area (TPSA) is 75.6 Å². The van der Waals surface area contributed by atoms with Crippen LogP contribution in [0.3, 0.4) is 0 Å². The summed E-state index contributed by atoms with van der Waals surface area (Å²) in [6.07, 6.45) is 0.856. The van der Waals surface area contributed by atoms with E-state index >= 15 is 0 Å². The first-order valence-corrected chi connectivity index (χ1v) is 6.25. The Kier molecular flexibility index (Phi) is 3.74. The minimum atomic E-state index is -0.965. The average molecular weight is 263 g/mol. The molecule has 2 rings (SSSR count). The second-order valence-electron chi connectivity index (χ2n) is 4.62. The van der Waals surface area contributed by atoms with Crippen LogP contribution in [0.25, 0.3) is 0 Å². The van der Waals surface area contributed by atoms with Gasteiger partial charge in [0.2, 0.25) is 5.91 Å². The molecule has 0 saturated carbocycles. The van der Waals surface area contributed by atoms with Gasteiger partial charge in [-0.1, -0.05) is 19.1 Å². The van der Waals surface area contributed by atoms with Gasteiger partial charge >= 0.3 is 5.97 Å². The summed E-state index contributed by atoms with van der Waals surface area (Å²) in [5.74, 6) is -1.34. The number of aryl methyl sites for hydroxylation is 1. The van der Waals surface area contributed by atoms with Crippen molar-refractivity contribution in [1.82, 2.24) is 5.32 Å². The standard InChI is InChI=1S/C14H17NO4/c1-3-8-4-5-11(19-2)9(6-8)13-10(14(17)18)7-12(16)15-13/h4-6,10,13H,3,7H2,1-2H3,(H,15,16)(H,17,18). The monoisotopic (exact) mass is 263 g/mol. The number of carbonyl (C=O) groups is 2. The van der Waals surface area contributed by atoms with Crippen molar-refractivity contribution in [3.63, 3.8) is 0 Å². The van der Waals surface area contributed by atoms with Crippen molar-refractivity contribution in [2.45, 2.75) is 25.8 Å². The van der Waals surface area contributed by atoms with E-state index in [1.54, 1.807) is 0 Å². The Balaban J connectivity index is 2.43. The maximum absolute atomic E-state index is 11.5. The van der Waals surface area contributed by atoms with Crippen LogP contribution >= 0.6 is 0 Å². The Bertz CT molecular complexity index is 512. The second-order valence-corrected chi connectivity index (χ2v) is 4.62. The third-order valence-electron chi connectivity index (χ3n) is 3.48. The minimum Gasteiger partial charge on any atom is -0.496 e. The highest BCUT2D eigenvalue weighted by molar-refractivity contribution is 5.87. The number of nitrogens with one attached hydrogen (secondary N) is 1. The molecule has 1 aromatic rings. The number of hydrogen-bond acceptors (Lipinski definition) is 3. The van der Waals surface area contributed by atoms with Crippen LogP contribution in [0.1, 0.15) is 30.5 Å². The van der Waals surface area contributed by atoms with Gasteiger partial charge < -0.3 is 15.2 Å². The molecule has 0 radical (unpaired) electrons. The molecule has 2 atom stereocenters. The number of carbonyl (C=O) groups excluding carboxylic acids is 1. The maximum atomic E-state index is 11.5. The SMILES string of the molecule is CCc1ccc(OC)c(C2NC(=O)CC2C(=O)O)c1. The zero-order valence-corrected chi connectivity index (χ0v) is 11.0. The minimum absolute atomic E-state index is 0.0134. The molecule has 0 spiro atoms. The number of hydrogen-bond donors (Lipinski definition) is 2. The summed E-state index contributed by atoms with van der Waals surface area (Å²) >= 11 is 0. The van der Waals surface area contributed by atoms with E-state index in [2.05, 4.69) is 5.32 Å². The van der Waals surface area contributed by atoms with Crippen LogP contribution in [0, 0.1) is 5.92 Å². The molecule has 0 bridgehead atoms. The van der Waals surface area contributed by atoms with Gasteiger partial charge in [0.1, 0.15) is 5.75 Å². The lowest BCUT2D eigenvalue weighted by molar-refractivity contribution is -0.142. The van der Waals surface area contributed by atoms with Crippen molar-refractivity contribution < 1.29 is 19.4 Å². The smallest absolute Gasteiger partial charge is 0.309 e. The fourth-order valence-corrected chi connectivity index (χ4v) is 2.42. The summed E-state index contributed by atoms with van der Waals surface area (Å²) in [5.41, 5.74) is 1.82. The third kappa shape index (κ3) is 2.54. The highest BCUT2D eigenvalue weighted by Crippen LogP contribution is 2.36. The molecule has 1 aliphatic rings. The quantitative estimate of drug-likeness (QED) is 0.863. The van der Waals surface area contributed by atoms with Gasteiger partial charge in [0.05, 0.1) is 19.1 Å². The van der Waals surface area contributed by atoms with Crippen molar-refractivity contribution >= 4 is 11.9 Å². The highest BCUT2D eigenvalue weighted by atomic mass is 16.5. The molecule has 1 amide bonds. The average Bonchev–Trinajstić information content (AvgIpc) is 2.80. The Morgan fingerprint density at radius 1 is 1.53 bits per heavy atom. The van der Waals surface area contributed by atoms with Crippen LogP contribution in [0.5, 0.6) is 5.75 Å². The molecular weight excluding hydrogens is 246 g/mol. The van der Waals surface area contributed by atoms with E-state index in [0.29, 0.717) is 5.75 Å². The van der Waals surface area contributed by atoms with Gasteiger partial charge in [-0.3, -0.25) is 9.59 Å². The first-order chi connectivity index (χ1) is 9.06. The van der Waals surface area contributed by atoms with Gasteiger partial charge in [0, 0.05) is 12.0 Å². The van der Waals surface area contributed by atoms with E-state index < -0.39 is 17.9 Å². The number of benzene rings is 1. The van der Waals surface area contributed by atoms with E-state index in [1.807, 2.05) is 25.1 Å². The summed E-state index contributed by atoms with van der Waals surface area (Å²) < 4.78 is 5.28. The zero-order chi connectivity index (χ0) is 14.0. The summed E-state index contributed by atoms with van der Waals surface area (Å²) in [4.78, 5) is 22.7. The normalized spacial score (nSPS) is 22.1. The molecular formula is C14H17NO4. The number of ether oxygens (including phenoxy) is 1. The lowest BCUT2D eigenvalue weighted by Crippen LogP contribution is -2.25. The highest BCUT2D eigenvalue weighted by Gasteiger charge is 2.39. The van der Waals surface area contributed by atoms with E-state index in [4.69, 9.17) is 4.74 Å². The molecule has 1 heterocycles. The van der Waals surface area contributed by atoms with Crippen LogP contribution in [0.2, 0.25) is 0 Å². The summed E-state index contributed by atoms with van der Waals surface area (Å²) in [6, 6.07) is 5.14. The molecule has 0 aromatic heterocycles. The molecule has 1 aromatic carbocycles. The Morgan fingerprint density at radius 2 is 2.26 bits per heavy atom. The number of carboxylic acids is 1. The van der Waals surface area contributed by atoms with Crippen molar-refractivity contribution in [2.24, 2.45) is 5.92 Å². The molecule has 1 saturated heterocycles. The molecule has 102 valence electrons. The number of aliphatic carboxylic acids is 1. The molecule has 5 nitrogen and oxygen atoms in total. The zero-order valence-electron chi connectivity index (χ0n) is 11.0. The predicted molar refractivity (Wildman–Crippen MR) is 69.0 cm³/mol. The number of rotatable bonds is 4. The van der Waals surface area contributed by atoms with Crippen LogP contribution in [-0.4, -0.2) is 24.1 Å². The van der Waals surface area contributed by atoms with Crippen LogP contribution in [0.15, 0.2) is 18.2 Å². The van der Waals surface area contributed by atoms with Gasteiger partial charge in [-0.05, 0) is 18.1 Å². The molecule has 5 heteroatoms. The van der Waals surface area contributed by atoms with Crippen LogP contribution in [-0.2, 0) is 16.0 Å². The van der Waals surface area contributed by atoms with Gasteiger partial charge in [0.15, 0.2) is 0 Å². The second kappa shape index (κ2) is 5.30. The molecule has 1 fully saturated rings. The van der Waals surface area contributed by atoms with Crippen LogP contribution < -0.4 is 10.1 Å². The van der Waals surface area contributed by atoms with E-state index in [0.717, 1.165) is 17.5 Å². The van der Waals surface area contributed by atoms with Gasteiger partial charge in [-0.15, -0.1) is 0 Å². The fraction of sp³-hybridized carbons (Fsp3) is 0.429. The number of amides is 1. The van der Waals surface area contributed by atoms with Crippen molar-refractivity contribution in [1.29, 1.82) is 0 Å². The van der Waals surface area contributed by atoms with Crippen molar-refractivity contribution in [3.05, 3.63) is 29.3 Å². The number of carboxylic acid groups (broad SMARTS) is 1. The Labute approximate surface area is 111 Å². The summed E-state index contributed by atoms with van der Waals surface area (Å²) in [5, 5.41) is 11.9. The van der Waals surface area contributed by atoms with E-state index in [-0.39, 0.29) is 12.3 Å². The lowest BCUT2D eigenvalue weighted by Gasteiger charge is -2.19. The van der Waals surface area contributed by atoms with E-state index in [9.17, 15) is 14.7 Å². The first kappa shape index (κ1) is 13.4. The van der Waals surface area contributed by atoms with Gasteiger partial charge in [0.25, 0.3) is 0 Å². The third-order valence-corrected chi connectivity index (χ3v) is 3.48. The predicted octanol–water partition coefficient (Wildman–Crippen LogP) is 1.52. The van der Waals surface area contributed by atoms with Gasteiger partial charge in [-0.2, -0.15) is 0 Å². The molecule has 2 N–H and O–H groups in total. The maximum Gasteiger partial charge on any atom is 0.309 e. The first-order valence-electron chi connectivity index (χ1n) is 6.25. The molecule has 2 unspecified atom stereocenters. The van der Waals surface area contributed by atoms with Crippen LogP contribution in [0.4, 0.5) is 0 Å². The molecule has 19 heavy (non-hydrogen) atoms. The van der Waals surface area contributed by atoms with Crippen molar-refractivity contribution in [3.8, 4) is 5.75 Å². The molecule has 1 aliphatic heterocycles.